The number of rotatable bonds is 6. The number of aliphatic hydroxyl groups is 1. The average Bonchev–Trinajstić information content (AvgIpc) is 2.52. The maximum atomic E-state index is 11.8. The van der Waals surface area contributed by atoms with Crippen LogP contribution in [0, 0.1) is 0 Å². The summed E-state index contributed by atoms with van der Waals surface area (Å²) < 4.78 is 5.20. The molecule has 1 heterocycles. The summed E-state index contributed by atoms with van der Waals surface area (Å²) in [6.45, 7) is 5.02. The van der Waals surface area contributed by atoms with Crippen molar-refractivity contribution in [2.75, 3.05) is 13.3 Å². The van der Waals surface area contributed by atoms with Gasteiger partial charge < -0.3 is 14.7 Å². The smallest absolute Gasteiger partial charge is 0.284 e. The van der Waals surface area contributed by atoms with Gasteiger partial charge in [0.15, 0.2) is 0 Å². The monoisotopic (exact) mass is 215 g/mol. The highest BCUT2D eigenvalue weighted by molar-refractivity contribution is 5.84. The van der Waals surface area contributed by atoms with Crippen molar-refractivity contribution >= 4 is 5.91 Å². The van der Waals surface area contributed by atoms with E-state index in [1.807, 2.05) is 6.92 Å². The van der Waals surface area contributed by atoms with Crippen LogP contribution in [0.4, 0.5) is 0 Å². The molecule has 4 heteroatoms. The predicted molar refractivity (Wildman–Crippen MR) is 57.0 cm³/mol. The summed E-state index contributed by atoms with van der Waals surface area (Å²) in [4.78, 5) is 13.4. The molecule has 0 aromatic heterocycles. The van der Waals surface area contributed by atoms with Crippen molar-refractivity contribution in [1.82, 2.24) is 4.90 Å². The second-order valence-corrected chi connectivity index (χ2v) is 4.08. The van der Waals surface area contributed by atoms with Gasteiger partial charge in [-0.25, -0.2) is 0 Å². The second kappa shape index (κ2) is 5.47. The van der Waals surface area contributed by atoms with Crippen LogP contribution in [-0.2, 0) is 9.53 Å². The summed E-state index contributed by atoms with van der Waals surface area (Å²) in [7, 11) is 0. The number of ether oxygens (including phenoxy) is 1. The second-order valence-electron chi connectivity index (χ2n) is 4.08. The van der Waals surface area contributed by atoms with Gasteiger partial charge in [0.25, 0.3) is 5.91 Å². The molecule has 0 aromatic rings. The zero-order valence-corrected chi connectivity index (χ0v) is 9.66. The molecule has 1 fully saturated rings. The van der Waals surface area contributed by atoms with Gasteiger partial charge in [0.2, 0.25) is 5.79 Å². The number of amides is 1. The summed E-state index contributed by atoms with van der Waals surface area (Å²) in [6.07, 6.45) is 4.17. The Labute approximate surface area is 91.2 Å². The number of hydrogen-bond donors (Lipinski definition) is 1. The lowest BCUT2D eigenvalue weighted by Crippen LogP contribution is -2.41. The standard InChI is InChI=1S/C11H21NO3/c1-3-5-7-11(14)10(13)12(9-15-11)8-6-4-2/h14H,3-9H2,1-2H3. The molecule has 1 N–H and O–H groups in total. The van der Waals surface area contributed by atoms with E-state index in [1.165, 1.54) is 0 Å². The van der Waals surface area contributed by atoms with E-state index in [9.17, 15) is 9.90 Å². The SMILES string of the molecule is CCCCN1COC(O)(CCCC)C1=O. The molecule has 1 aliphatic rings. The number of nitrogens with zero attached hydrogens (tertiary/aromatic N) is 1. The molecule has 0 bridgehead atoms. The maximum absolute atomic E-state index is 11.8. The van der Waals surface area contributed by atoms with Crippen molar-refractivity contribution in [2.45, 2.75) is 51.7 Å². The van der Waals surface area contributed by atoms with Crippen molar-refractivity contribution in [3.05, 3.63) is 0 Å². The first-order valence-corrected chi connectivity index (χ1v) is 5.79. The van der Waals surface area contributed by atoms with Gasteiger partial charge in [0.1, 0.15) is 6.73 Å². The molecule has 1 aliphatic heterocycles. The molecule has 1 unspecified atom stereocenters. The van der Waals surface area contributed by atoms with Crippen molar-refractivity contribution < 1.29 is 14.6 Å². The number of carbonyl (C=O) groups excluding carboxylic acids is 1. The predicted octanol–water partition coefficient (Wildman–Crippen LogP) is 1.48. The lowest BCUT2D eigenvalue weighted by atomic mass is 10.1. The quantitative estimate of drug-likeness (QED) is 0.730. The minimum absolute atomic E-state index is 0.235. The number of unbranched alkanes of at least 4 members (excludes halogenated alkanes) is 2. The van der Waals surface area contributed by atoms with Gasteiger partial charge in [0, 0.05) is 13.0 Å². The fourth-order valence-corrected chi connectivity index (χ4v) is 1.66. The molecule has 0 saturated carbocycles. The normalized spacial score (nSPS) is 26.3. The van der Waals surface area contributed by atoms with Gasteiger partial charge >= 0.3 is 0 Å². The van der Waals surface area contributed by atoms with Crippen LogP contribution in [0.5, 0.6) is 0 Å². The van der Waals surface area contributed by atoms with Crippen LogP contribution >= 0.6 is 0 Å². The van der Waals surface area contributed by atoms with Gasteiger partial charge in [-0.15, -0.1) is 0 Å². The van der Waals surface area contributed by atoms with Crippen molar-refractivity contribution in [1.29, 1.82) is 0 Å². The molecule has 0 aromatic carbocycles. The van der Waals surface area contributed by atoms with Gasteiger partial charge in [0.05, 0.1) is 0 Å². The molecular weight excluding hydrogens is 194 g/mol. The Morgan fingerprint density at radius 1 is 1.40 bits per heavy atom. The maximum Gasteiger partial charge on any atom is 0.284 e. The fourth-order valence-electron chi connectivity index (χ4n) is 1.66. The van der Waals surface area contributed by atoms with Crippen molar-refractivity contribution in [3.63, 3.8) is 0 Å². The van der Waals surface area contributed by atoms with Gasteiger partial charge in [-0.05, 0) is 12.8 Å². The zero-order valence-electron chi connectivity index (χ0n) is 9.66. The van der Waals surface area contributed by atoms with E-state index in [1.54, 1.807) is 4.90 Å². The highest BCUT2D eigenvalue weighted by atomic mass is 16.7. The van der Waals surface area contributed by atoms with Crippen LogP contribution in [0.2, 0.25) is 0 Å². The lowest BCUT2D eigenvalue weighted by Gasteiger charge is -2.19. The fraction of sp³-hybridized carbons (Fsp3) is 0.909. The molecule has 4 nitrogen and oxygen atoms in total. The Kier molecular flexibility index (Phi) is 4.54. The third-order valence-electron chi connectivity index (χ3n) is 2.73. The topological polar surface area (TPSA) is 49.8 Å². The van der Waals surface area contributed by atoms with Crippen LogP contribution in [0.1, 0.15) is 46.0 Å². The Bertz CT molecular complexity index is 220. The minimum Gasteiger partial charge on any atom is -0.358 e. The molecule has 88 valence electrons. The van der Waals surface area contributed by atoms with E-state index in [0.29, 0.717) is 13.0 Å². The Hall–Kier alpha value is -0.610. The molecule has 0 radical (unpaired) electrons. The summed E-state index contributed by atoms with van der Waals surface area (Å²) in [5.74, 6) is -1.80. The minimum atomic E-state index is -1.54. The van der Waals surface area contributed by atoms with Crippen LogP contribution in [0.15, 0.2) is 0 Å². The zero-order chi connectivity index (χ0) is 11.3. The van der Waals surface area contributed by atoms with E-state index < -0.39 is 5.79 Å². The highest BCUT2D eigenvalue weighted by Gasteiger charge is 2.45. The highest BCUT2D eigenvalue weighted by Crippen LogP contribution is 2.25. The summed E-state index contributed by atoms with van der Waals surface area (Å²) in [6, 6.07) is 0. The van der Waals surface area contributed by atoms with Crippen LogP contribution < -0.4 is 0 Å². The molecule has 1 rings (SSSR count). The van der Waals surface area contributed by atoms with E-state index >= 15 is 0 Å². The Morgan fingerprint density at radius 3 is 2.67 bits per heavy atom. The van der Waals surface area contributed by atoms with Gasteiger partial charge in [-0.1, -0.05) is 26.7 Å². The van der Waals surface area contributed by atoms with Crippen LogP contribution in [0.25, 0.3) is 0 Å². The Morgan fingerprint density at radius 2 is 2.07 bits per heavy atom. The first kappa shape index (κ1) is 12.5. The van der Waals surface area contributed by atoms with Gasteiger partial charge in [-0.3, -0.25) is 4.79 Å². The average molecular weight is 215 g/mol. The van der Waals surface area contributed by atoms with E-state index in [-0.39, 0.29) is 12.6 Å². The third-order valence-corrected chi connectivity index (χ3v) is 2.73. The Balaban J connectivity index is 2.46. The molecule has 15 heavy (non-hydrogen) atoms. The third kappa shape index (κ3) is 2.92. The first-order chi connectivity index (χ1) is 7.14. The number of carbonyl (C=O) groups is 1. The molecular formula is C11H21NO3. The lowest BCUT2D eigenvalue weighted by molar-refractivity contribution is -0.185. The first-order valence-electron chi connectivity index (χ1n) is 5.79. The van der Waals surface area contributed by atoms with E-state index in [4.69, 9.17) is 4.74 Å². The molecule has 0 spiro atoms. The van der Waals surface area contributed by atoms with Crippen LogP contribution in [-0.4, -0.2) is 35.0 Å². The summed E-state index contributed by atoms with van der Waals surface area (Å²) >= 11 is 0. The van der Waals surface area contributed by atoms with Crippen LogP contribution in [0.3, 0.4) is 0 Å². The van der Waals surface area contributed by atoms with E-state index in [0.717, 1.165) is 25.7 Å². The molecule has 1 atom stereocenters. The number of hydrogen-bond acceptors (Lipinski definition) is 3. The largest absolute Gasteiger partial charge is 0.358 e. The summed E-state index contributed by atoms with van der Waals surface area (Å²) in [5, 5.41) is 9.95. The van der Waals surface area contributed by atoms with Crippen molar-refractivity contribution in [2.24, 2.45) is 0 Å². The molecule has 1 amide bonds. The molecule has 0 aliphatic carbocycles. The van der Waals surface area contributed by atoms with E-state index in [2.05, 4.69) is 6.92 Å². The summed E-state index contributed by atoms with van der Waals surface area (Å²) in [5.41, 5.74) is 0. The van der Waals surface area contributed by atoms with Gasteiger partial charge in [-0.2, -0.15) is 0 Å². The molecule has 1 saturated heterocycles. The van der Waals surface area contributed by atoms with Crippen molar-refractivity contribution in [3.8, 4) is 0 Å².